The summed E-state index contributed by atoms with van der Waals surface area (Å²) in [4.78, 5) is 28.7. The number of aromatic hydroxyl groups is 1. The lowest BCUT2D eigenvalue weighted by atomic mass is 10.1. The van der Waals surface area contributed by atoms with E-state index in [1.807, 2.05) is 6.92 Å². The normalized spacial score (nSPS) is 13.4. The summed E-state index contributed by atoms with van der Waals surface area (Å²) in [7, 11) is -4.26. The number of benzene rings is 1. The summed E-state index contributed by atoms with van der Waals surface area (Å²) in [6, 6.07) is 9.30. The van der Waals surface area contributed by atoms with Crippen LogP contribution in [0.5, 0.6) is 5.88 Å². The number of amides is 1. The summed E-state index contributed by atoms with van der Waals surface area (Å²) in [6.45, 7) is 1.32. The number of aryl methyl sites for hydroxylation is 1. The van der Waals surface area contributed by atoms with Crippen LogP contribution in [0.2, 0.25) is 0 Å². The van der Waals surface area contributed by atoms with Crippen LogP contribution in [-0.4, -0.2) is 55.2 Å². The second-order valence-electron chi connectivity index (χ2n) is 7.89. The molecule has 182 valence electrons. The van der Waals surface area contributed by atoms with Crippen molar-refractivity contribution in [2.75, 3.05) is 5.75 Å². The van der Waals surface area contributed by atoms with Crippen molar-refractivity contribution in [3.8, 4) is 17.0 Å². The molecule has 0 saturated heterocycles. The molecule has 2 aromatic heterocycles. The van der Waals surface area contributed by atoms with Crippen molar-refractivity contribution in [3.63, 3.8) is 0 Å². The maximum absolute atomic E-state index is 13.0. The third-order valence-electron chi connectivity index (χ3n) is 5.38. The highest BCUT2D eigenvalue weighted by Crippen LogP contribution is 2.24. The van der Waals surface area contributed by atoms with Crippen LogP contribution < -0.4 is 11.2 Å². The van der Waals surface area contributed by atoms with Crippen LogP contribution in [0.1, 0.15) is 19.8 Å². The molecule has 2 heterocycles. The van der Waals surface area contributed by atoms with E-state index in [0.29, 0.717) is 17.5 Å². The van der Waals surface area contributed by atoms with Gasteiger partial charge in [0.25, 0.3) is 5.91 Å². The number of aromatic nitrogens is 3. The van der Waals surface area contributed by atoms with Gasteiger partial charge in [0, 0.05) is 18.9 Å². The van der Waals surface area contributed by atoms with Gasteiger partial charge in [-0.05, 0) is 41.8 Å². The molecular weight excluding hydrogens is 464 g/mol. The number of pyridine rings is 1. The molecule has 0 bridgehead atoms. The molecule has 0 aliphatic carbocycles. The van der Waals surface area contributed by atoms with Crippen LogP contribution in [0.4, 0.5) is 0 Å². The summed E-state index contributed by atoms with van der Waals surface area (Å²) < 4.78 is 28.0. The van der Waals surface area contributed by atoms with Crippen LogP contribution in [-0.2, 0) is 27.7 Å². The third kappa shape index (κ3) is 5.35. The van der Waals surface area contributed by atoms with Crippen molar-refractivity contribution in [2.45, 2.75) is 43.4 Å². The quantitative estimate of drug-likeness (QED) is 0.241. The number of nitrogens with one attached hydrogen (secondary N) is 1. The molecule has 12 heteroatoms. The molecule has 1 unspecified atom stereocenters. The van der Waals surface area contributed by atoms with Crippen molar-refractivity contribution in [3.05, 3.63) is 65.5 Å². The average molecular weight is 491 g/mol. The fourth-order valence-electron chi connectivity index (χ4n) is 3.50. The Morgan fingerprint density at radius 1 is 1.12 bits per heavy atom. The minimum Gasteiger partial charge on any atom is -0.493 e. The Morgan fingerprint density at radius 3 is 2.32 bits per heavy atom. The molecule has 1 aromatic carbocycles. The first kappa shape index (κ1) is 25.1. The minimum absolute atomic E-state index is 0.174. The number of aliphatic hydroxyl groups is 1. The molecule has 1 atom stereocenters. The van der Waals surface area contributed by atoms with Crippen molar-refractivity contribution >= 4 is 15.7 Å². The van der Waals surface area contributed by atoms with Crippen LogP contribution in [0, 0.1) is 0 Å². The number of carbonyl (C=O) groups excluding carboxylic acids is 1. The van der Waals surface area contributed by atoms with Crippen molar-refractivity contribution < 1.29 is 28.6 Å². The maximum Gasteiger partial charge on any atom is 0.331 e. The summed E-state index contributed by atoms with van der Waals surface area (Å²) in [6.07, 6.45) is 5.77. The van der Waals surface area contributed by atoms with E-state index in [-0.39, 0.29) is 4.90 Å². The van der Waals surface area contributed by atoms with Crippen molar-refractivity contribution in [1.82, 2.24) is 19.6 Å². The van der Waals surface area contributed by atoms with E-state index in [2.05, 4.69) is 4.98 Å². The molecule has 3 aromatic rings. The third-order valence-corrected chi connectivity index (χ3v) is 7.22. The van der Waals surface area contributed by atoms with Gasteiger partial charge in [0.15, 0.2) is 15.4 Å². The maximum atomic E-state index is 13.0. The molecule has 34 heavy (non-hydrogen) atoms. The van der Waals surface area contributed by atoms with E-state index in [1.165, 1.54) is 22.2 Å². The number of nitrogens with zero attached hydrogens (tertiary/aromatic N) is 3. The number of unbranched alkanes of at least 4 members (excludes halogenated alkanes) is 1. The minimum atomic E-state index is -4.26. The van der Waals surface area contributed by atoms with E-state index in [0.717, 1.165) is 23.7 Å². The first-order valence-electron chi connectivity index (χ1n) is 10.5. The van der Waals surface area contributed by atoms with Gasteiger partial charge in [-0.2, -0.15) is 0 Å². The van der Waals surface area contributed by atoms with E-state index in [9.17, 15) is 28.2 Å². The SMILES string of the molecule is CCCCn1cc(O)n(CC(O)(CS(=O)(=O)c2ccc(-c3ccncc3)cc2)C(=O)NO)c1=O. The fourth-order valence-corrected chi connectivity index (χ4v) is 5.07. The number of sulfone groups is 1. The van der Waals surface area contributed by atoms with Gasteiger partial charge in [0.05, 0.1) is 23.4 Å². The second kappa shape index (κ2) is 10.2. The predicted octanol–water partition coefficient (Wildman–Crippen LogP) is 0.928. The molecule has 0 radical (unpaired) electrons. The Balaban J connectivity index is 1.90. The lowest BCUT2D eigenvalue weighted by molar-refractivity contribution is -0.148. The molecule has 3 rings (SSSR count). The predicted molar refractivity (Wildman–Crippen MR) is 122 cm³/mol. The van der Waals surface area contributed by atoms with Gasteiger partial charge in [-0.3, -0.25) is 24.1 Å². The van der Waals surface area contributed by atoms with Gasteiger partial charge < -0.3 is 10.2 Å². The molecule has 0 spiro atoms. The number of carbonyl (C=O) groups is 1. The zero-order chi connectivity index (χ0) is 24.9. The molecule has 0 saturated carbocycles. The summed E-state index contributed by atoms with van der Waals surface area (Å²) >= 11 is 0. The summed E-state index contributed by atoms with van der Waals surface area (Å²) in [5.41, 5.74) is -0.686. The largest absolute Gasteiger partial charge is 0.493 e. The Kier molecular flexibility index (Phi) is 7.54. The molecule has 11 nitrogen and oxygen atoms in total. The van der Waals surface area contributed by atoms with Gasteiger partial charge >= 0.3 is 5.69 Å². The molecule has 0 fully saturated rings. The van der Waals surface area contributed by atoms with Gasteiger partial charge in [-0.1, -0.05) is 25.5 Å². The Hall–Kier alpha value is -3.48. The summed E-state index contributed by atoms with van der Waals surface area (Å²) in [5, 5.41) is 30.2. The second-order valence-corrected chi connectivity index (χ2v) is 9.88. The van der Waals surface area contributed by atoms with E-state index < -0.39 is 45.2 Å². The molecule has 0 aliphatic heterocycles. The zero-order valence-corrected chi connectivity index (χ0v) is 19.3. The molecule has 1 amide bonds. The Bertz CT molecular complexity index is 1300. The van der Waals surface area contributed by atoms with Crippen LogP contribution >= 0.6 is 0 Å². The molecule has 4 N–H and O–H groups in total. The lowest BCUT2D eigenvalue weighted by Crippen LogP contribution is -2.54. The highest BCUT2D eigenvalue weighted by atomic mass is 32.2. The highest BCUT2D eigenvalue weighted by Gasteiger charge is 2.43. The van der Waals surface area contributed by atoms with Crippen molar-refractivity contribution in [2.24, 2.45) is 0 Å². The Labute approximate surface area is 195 Å². The van der Waals surface area contributed by atoms with Gasteiger partial charge in [0.2, 0.25) is 5.88 Å². The first-order chi connectivity index (χ1) is 16.1. The number of imidazole rings is 1. The zero-order valence-electron chi connectivity index (χ0n) is 18.5. The standard InChI is InChI=1S/C22H26N4O7S/c1-2-3-12-25-13-19(27)26(21(25)29)14-22(30,20(28)24-31)15-34(32,33)18-6-4-16(5-7-18)17-8-10-23-11-9-17/h4-11,13,27,30-31H,2-3,12,14-15H2,1H3,(H,24,28). The first-order valence-corrected chi connectivity index (χ1v) is 12.2. The van der Waals surface area contributed by atoms with E-state index >= 15 is 0 Å². The van der Waals surface area contributed by atoms with Crippen LogP contribution in [0.15, 0.2) is 64.7 Å². The number of rotatable bonds is 10. The Morgan fingerprint density at radius 2 is 1.74 bits per heavy atom. The van der Waals surface area contributed by atoms with Gasteiger partial charge in [-0.15, -0.1) is 0 Å². The topological polar surface area (TPSA) is 164 Å². The van der Waals surface area contributed by atoms with Crippen LogP contribution in [0.3, 0.4) is 0 Å². The van der Waals surface area contributed by atoms with Gasteiger partial charge in [-0.25, -0.2) is 18.7 Å². The van der Waals surface area contributed by atoms with Crippen LogP contribution in [0.25, 0.3) is 11.1 Å². The van der Waals surface area contributed by atoms with Crippen molar-refractivity contribution in [1.29, 1.82) is 0 Å². The average Bonchev–Trinajstić information content (AvgIpc) is 3.09. The molecular formula is C22H26N4O7S. The number of hydrogen-bond donors (Lipinski definition) is 4. The highest BCUT2D eigenvalue weighted by molar-refractivity contribution is 7.91. The smallest absolute Gasteiger partial charge is 0.331 e. The monoisotopic (exact) mass is 490 g/mol. The molecule has 0 aliphatic rings. The lowest BCUT2D eigenvalue weighted by Gasteiger charge is -2.25. The summed E-state index contributed by atoms with van der Waals surface area (Å²) in [5.74, 6) is -3.13. The number of hydroxylamine groups is 1. The number of hydrogen-bond acceptors (Lipinski definition) is 8. The van der Waals surface area contributed by atoms with E-state index in [1.54, 1.807) is 36.7 Å². The van der Waals surface area contributed by atoms with Gasteiger partial charge in [0.1, 0.15) is 0 Å². The van der Waals surface area contributed by atoms with E-state index in [4.69, 9.17) is 5.21 Å². The fraction of sp³-hybridized carbons (Fsp3) is 0.318.